The van der Waals surface area contributed by atoms with Crippen molar-refractivity contribution in [2.45, 2.75) is 52.0 Å². The summed E-state index contributed by atoms with van der Waals surface area (Å²) in [5.41, 5.74) is 9.92. The van der Waals surface area contributed by atoms with E-state index in [-0.39, 0.29) is 38.3 Å². The standard InChI is InChI=1S/C35H35F2N3O7/c1-3-28(34(41)42)47-33-30(37)31(45-26-12-13-40(19-26)35(43)44-20-22-8-5-4-6-9-22)29(36)32(39-33)46-27-15-21(2)14-25(17-27)24-11-7-10-23(16-24)18-38/h4-11,14-17,26,28H,3,12-13,18-20,38H2,1-2H3,(H,41,42)/t26?,28-/m1/s1. The van der Waals surface area contributed by atoms with Crippen LogP contribution in [0.2, 0.25) is 0 Å². The molecule has 2 heterocycles. The number of likely N-dealkylation sites (tertiary alicyclic amines) is 1. The second-order valence-corrected chi connectivity index (χ2v) is 11.1. The van der Waals surface area contributed by atoms with Crippen LogP contribution in [-0.2, 0) is 22.7 Å². The fourth-order valence-corrected chi connectivity index (χ4v) is 5.10. The predicted molar refractivity (Wildman–Crippen MR) is 168 cm³/mol. The highest BCUT2D eigenvalue weighted by molar-refractivity contribution is 5.72. The summed E-state index contributed by atoms with van der Waals surface area (Å²) in [5.74, 6) is -6.09. The van der Waals surface area contributed by atoms with Gasteiger partial charge in [-0.1, -0.05) is 61.5 Å². The van der Waals surface area contributed by atoms with Gasteiger partial charge in [-0.15, -0.1) is 0 Å². The maximum absolute atomic E-state index is 16.0. The van der Waals surface area contributed by atoms with Gasteiger partial charge in [0, 0.05) is 19.5 Å². The number of hydrogen-bond donors (Lipinski definition) is 2. The first-order chi connectivity index (χ1) is 22.6. The number of carboxylic acids is 1. The summed E-state index contributed by atoms with van der Waals surface area (Å²) >= 11 is 0. The maximum Gasteiger partial charge on any atom is 0.410 e. The molecule has 1 aliphatic rings. The number of amides is 1. The second-order valence-electron chi connectivity index (χ2n) is 11.1. The highest BCUT2D eigenvalue weighted by Gasteiger charge is 2.33. The summed E-state index contributed by atoms with van der Waals surface area (Å²) < 4.78 is 54.1. The topological polar surface area (TPSA) is 133 Å². The van der Waals surface area contributed by atoms with Gasteiger partial charge in [0.1, 0.15) is 18.5 Å². The molecule has 1 unspecified atom stereocenters. The summed E-state index contributed by atoms with van der Waals surface area (Å²) in [5, 5.41) is 9.52. The Kier molecular flexibility index (Phi) is 10.5. The number of benzene rings is 3. The van der Waals surface area contributed by atoms with Gasteiger partial charge in [-0.3, -0.25) is 0 Å². The molecule has 1 saturated heterocycles. The number of carbonyl (C=O) groups is 2. The van der Waals surface area contributed by atoms with Gasteiger partial charge in [-0.25, -0.2) is 9.59 Å². The number of aromatic nitrogens is 1. The van der Waals surface area contributed by atoms with E-state index in [0.717, 1.165) is 27.8 Å². The summed E-state index contributed by atoms with van der Waals surface area (Å²) in [6.07, 6.45) is -2.64. The number of aryl methyl sites for hydroxylation is 1. The quantitative estimate of drug-likeness (QED) is 0.174. The van der Waals surface area contributed by atoms with Crippen molar-refractivity contribution in [3.63, 3.8) is 0 Å². The van der Waals surface area contributed by atoms with Crippen molar-refractivity contribution < 1.29 is 42.4 Å². The highest BCUT2D eigenvalue weighted by Crippen LogP contribution is 2.38. The van der Waals surface area contributed by atoms with Gasteiger partial charge in [0.25, 0.3) is 11.8 Å². The first-order valence-corrected chi connectivity index (χ1v) is 15.1. The Morgan fingerprint density at radius 3 is 2.47 bits per heavy atom. The minimum absolute atomic E-state index is 0.00295. The van der Waals surface area contributed by atoms with Gasteiger partial charge < -0.3 is 34.7 Å². The van der Waals surface area contributed by atoms with Crippen LogP contribution in [0.4, 0.5) is 13.6 Å². The van der Waals surface area contributed by atoms with Crippen molar-refractivity contribution in [1.29, 1.82) is 0 Å². The number of carboxylic acid groups (broad SMARTS) is 1. The lowest BCUT2D eigenvalue weighted by Crippen LogP contribution is -2.31. The lowest BCUT2D eigenvalue weighted by atomic mass is 10.0. The van der Waals surface area contributed by atoms with Crippen molar-refractivity contribution in [2.75, 3.05) is 13.1 Å². The number of carbonyl (C=O) groups excluding carboxylic acids is 1. The van der Waals surface area contributed by atoms with E-state index in [1.54, 1.807) is 12.1 Å². The molecule has 0 bridgehead atoms. The molecule has 4 aromatic rings. The van der Waals surface area contributed by atoms with Crippen molar-refractivity contribution in [3.8, 4) is 34.4 Å². The molecule has 12 heteroatoms. The Hall–Kier alpha value is -5.23. The third-order valence-corrected chi connectivity index (χ3v) is 7.53. The number of ether oxygens (including phenoxy) is 4. The first kappa shape index (κ1) is 33.1. The summed E-state index contributed by atoms with van der Waals surface area (Å²) in [6, 6.07) is 22.0. The molecule has 0 saturated carbocycles. The van der Waals surface area contributed by atoms with Crippen molar-refractivity contribution >= 4 is 12.1 Å². The minimum Gasteiger partial charge on any atom is -0.482 e. The van der Waals surface area contributed by atoms with Crippen LogP contribution in [0.25, 0.3) is 11.1 Å². The van der Waals surface area contributed by atoms with Crippen LogP contribution in [0.1, 0.15) is 36.5 Å². The van der Waals surface area contributed by atoms with E-state index in [1.165, 1.54) is 11.8 Å². The zero-order valence-electron chi connectivity index (χ0n) is 25.9. The van der Waals surface area contributed by atoms with Crippen molar-refractivity contribution in [1.82, 2.24) is 9.88 Å². The van der Waals surface area contributed by atoms with Crippen molar-refractivity contribution in [2.24, 2.45) is 5.73 Å². The van der Waals surface area contributed by atoms with Crippen LogP contribution in [-0.4, -0.2) is 52.4 Å². The van der Waals surface area contributed by atoms with Crippen LogP contribution in [0.15, 0.2) is 72.8 Å². The minimum atomic E-state index is -1.47. The SMILES string of the molecule is CC[C@@H](Oc1nc(Oc2cc(C)cc(-c3cccc(CN)c3)c2)c(F)c(OC2CCN(C(=O)OCc3ccccc3)C2)c1F)C(=O)O. The van der Waals surface area contributed by atoms with Crippen LogP contribution in [0, 0.1) is 18.6 Å². The van der Waals surface area contributed by atoms with Gasteiger partial charge in [0.05, 0.1) is 6.54 Å². The second kappa shape index (κ2) is 14.9. The molecule has 10 nitrogen and oxygen atoms in total. The van der Waals surface area contributed by atoms with E-state index in [9.17, 15) is 14.7 Å². The predicted octanol–water partition coefficient (Wildman–Crippen LogP) is 6.62. The number of pyridine rings is 1. The number of aliphatic carboxylic acids is 1. The van der Waals surface area contributed by atoms with Gasteiger partial charge in [-0.05, 0) is 59.4 Å². The number of nitrogens with two attached hydrogens (primary N) is 1. The normalized spacial score (nSPS) is 14.8. The van der Waals surface area contributed by atoms with Gasteiger partial charge in [0.15, 0.2) is 6.10 Å². The van der Waals surface area contributed by atoms with E-state index >= 15 is 8.78 Å². The molecule has 246 valence electrons. The Bertz CT molecular complexity index is 1740. The Labute approximate surface area is 270 Å². The number of halogens is 2. The Morgan fingerprint density at radius 2 is 1.74 bits per heavy atom. The number of rotatable bonds is 12. The van der Waals surface area contributed by atoms with E-state index in [0.29, 0.717) is 6.54 Å². The molecular weight excluding hydrogens is 612 g/mol. The Balaban J connectivity index is 1.41. The fraction of sp³-hybridized carbons (Fsp3) is 0.286. The lowest BCUT2D eigenvalue weighted by Gasteiger charge is -2.20. The summed E-state index contributed by atoms with van der Waals surface area (Å²) in [6.45, 7) is 4.01. The summed E-state index contributed by atoms with van der Waals surface area (Å²) in [7, 11) is 0. The molecule has 0 radical (unpaired) electrons. The van der Waals surface area contributed by atoms with Crippen molar-refractivity contribution in [3.05, 3.63) is 101 Å². The molecule has 2 atom stereocenters. The maximum atomic E-state index is 16.0. The van der Waals surface area contributed by atoms with Crippen LogP contribution >= 0.6 is 0 Å². The van der Waals surface area contributed by atoms with Crippen LogP contribution in [0.5, 0.6) is 23.3 Å². The monoisotopic (exact) mass is 647 g/mol. The Morgan fingerprint density at radius 1 is 1.00 bits per heavy atom. The van der Waals surface area contributed by atoms with E-state index in [1.807, 2.05) is 67.6 Å². The molecule has 47 heavy (non-hydrogen) atoms. The number of hydrogen-bond acceptors (Lipinski definition) is 8. The lowest BCUT2D eigenvalue weighted by molar-refractivity contribution is -0.145. The molecule has 1 fully saturated rings. The first-order valence-electron chi connectivity index (χ1n) is 15.1. The third kappa shape index (κ3) is 8.14. The average molecular weight is 648 g/mol. The van der Waals surface area contributed by atoms with Gasteiger partial charge in [0.2, 0.25) is 17.4 Å². The molecule has 3 N–H and O–H groups in total. The van der Waals surface area contributed by atoms with E-state index in [2.05, 4.69) is 4.98 Å². The molecule has 0 spiro atoms. The van der Waals surface area contributed by atoms with Gasteiger partial charge in [-0.2, -0.15) is 13.8 Å². The fourth-order valence-electron chi connectivity index (χ4n) is 5.10. The van der Waals surface area contributed by atoms with E-state index in [4.69, 9.17) is 24.7 Å². The molecule has 1 aromatic heterocycles. The molecule has 3 aromatic carbocycles. The average Bonchev–Trinajstić information content (AvgIpc) is 3.55. The molecular formula is C35H35F2N3O7. The smallest absolute Gasteiger partial charge is 0.410 e. The zero-order chi connectivity index (χ0) is 33.5. The van der Waals surface area contributed by atoms with Crippen LogP contribution in [0.3, 0.4) is 0 Å². The number of nitrogens with zero attached hydrogens (tertiary/aromatic N) is 2. The molecule has 0 aliphatic carbocycles. The third-order valence-electron chi connectivity index (χ3n) is 7.53. The summed E-state index contributed by atoms with van der Waals surface area (Å²) in [4.78, 5) is 29.6. The van der Waals surface area contributed by atoms with Crippen LogP contribution < -0.4 is 19.9 Å². The van der Waals surface area contributed by atoms with Gasteiger partial charge >= 0.3 is 12.1 Å². The largest absolute Gasteiger partial charge is 0.482 e. The highest BCUT2D eigenvalue weighted by atomic mass is 19.1. The zero-order valence-corrected chi connectivity index (χ0v) is 25.9. The molecule has 1 aliphatic heterocycles. The van der Waals surface area contributed by atoms with E-state index < -0.39 is 53.4 Å². The molecule has 1 amide bonds. The molecule has 5 rings (SSSR count).